The van der Waals surface area contributed by atoms with Crippen LogP contribution in [0.3, 0.4) is 0 Å². The first-order valence-electron chi connectivity index (χ1n) is 4.92. The number of rotatable bonds is 3. The van der Waals surface area contributed by atoms with Gasteiger partial charge in [-0.3, -0.25) is 0 Å². The van der Waals surface area contributed by atoms with Gasteiger partial charge in [0.25, 0.3) is 0 Å². The fourth-order valence-corrected chi connectivity index (χ4v) is 1.65. The molecule has 1 fully saturated rings. The van der Waals surface area contributed by atoms with Crippen LogP contribution in [-0.2, 0) is 16.8 Å². The number of aromatic nitrogens is 2. The van der Waals surface area contributed by atoms with E-state index < -0.39 is 0 Å². The van der Waals surface area contributed by atoms with Gasteiger partial charge >= 0.3 is 0 Å². The minimum atomic E-state index is -0.351. The summed E-state index contributed by atoms with van der Waals surface area (Å²) in [6.07, 6.45) is 2.63. The SMILES string of the molecule is CC1(c2noc(CCN)n2)CCCO1. The zero-order valence-corrected chi connectivity index (χ0v) is 8.32. The van der Waals surface area contributed by atoms with Gasteiger partial charge in [-0.1, -0.05) is 5.16 Å². The Kier molecular flexibility index (Phi) is 2.52. The smallest absolute Gasteiger partial charge is 0.228 e. The maximum Gasteiger partial charge on any atom is 0.228 e. The highest BCUT2D eigenvalue weighted by atomic mass is 16.5. The number of hydrogen-bond acceptors (Lipinski definition) is 5. The molecule has 0 amide bonds. The molecule has 0 aromatic carbocycles. The van der Waals surface area contributed by atoms with Gasteiger partial charge in [-0.25, -0.2) is 0 Å². The molecule has 1 aromatic rings. The van der Waals surface area contributed by atoms with Crippen LogP contribution in [-0.4, -0.2) is 23.3 Å². The van der Waals surface area contributed by atoms with E-state index in [4.69, 9.17) is 15.0 Å². The van der Waals surface area contributed by atoms with Gasteiger partial charge in [-0.05, 0) is 19.8 Å². The van der Waals surface area contributed by atoms with Crippen LogP contribution in [0.15, 0.2) is 4.52 Å². The first-order valence-corrected chi connectivity index (χ1v) is 4.92. The molecule has 0 bridgehead atoms. The van der Waals surface area contributed by atoms with Crippen molar-refractivity contribution in [3.8, 4) is 0 Å². The zero-order chi connectivity index (χ0) is 10.0. The highest BCUT2D eigenvalue weighted by Crippen LogP contribution is 2.33. The van der Waals surface area contributed by atoms with Gasteiger partial charge in [0.2, 0.25) is 11.7 Å². The molecular weight excluding hydrogens is 182 g/mol. The third-order valence-corrected chi connectivity index (χ3v) is 2.52. The largest absolute Gasteiger partial charge is 0.367 e. The molecule has 5 heteroatoms. The molecule has 1 aliphatic rings. The lowest BCUT2D eigenvalue weighted by Gasteiger charge is -2.17. The number of ether oxygens (including phenoxy) is 1. The van der Waals surface area contributed by atoms with Crippen LogP contribution >= 0.6 is 0 Å². The summed E-state index contributed by atoms with van der Waals surface area (Å²) in [5.74, 6) is 1.25. The average Bonchev–Trinajstić information content (AvgIpc) is 2.75. The standard InChI is InChI=1S/C9H15N3O2/c1-9(4-2-6-13-9)8-11-7(3-5-10)14-12-8/h2-6,10H2,1H3. The van der Waals surface area contributed by atoms with Gasteiger partial charge in [-0.15, -0.1) is 0 Å². The molecule has 0 aliphatic carbocycles. The van der Waals surface area contributed by atoms with Gasteiger partial charge in [-0.2, -0.15) is 4.98 Å². The lowest BCUT2D eigenvalue weighted by molar-refractivity contribution is 0.00768. The van der Waals surface area contributed by atoms with Gasteiger partial charge < -0.3 is 15.0 Å². The fourth-order valence-electron chi connectivity index (χ4n) is 1.65. The molecule has 78 valence electrons. The van der Waals surface area contributed by atoms with Crippen molar-refractivity contribution in [1.29, 1.82) is 0 Å². The molecule has 0 spiro atoms. The summed E-state index contributed by atoms with van der Waals surface area (Å²) in [5.41, 5.74) is 5.05. The predicted molar refractivity (Wildman–Crippen MR) is 49.6 cm³/mol. The topological polar surface area (TPSA) is 74.2 Å². The van der Waals surface area contributed by atoms with Crippen molar-refractivity contribution in [2.24, 2.45) is 5.73 Å². The van der Waals surface area contributed by atoms with Crippen LogP contribution in [0.25, 0.3) is 0 Å². The summed E-state index contributed by atoms with van der Waals surface area (Å²) in [4.78, 5) is 4.27. The van der Waals surface area contributed by atoms with Crippen molar-refractivity contribution < 1.29 is 9.26 Å². The summed E-state index contributed by atoms with van der Waals surface area (Å²) in [6, 6.07) is 0. The molecule has 1 unspecified atom stereocenters. The summed E-state index contributed by atoms with van der Waals surface area (Å²) < 4.78 is 10.7. The molecule has 1 atom stereocenters. The third kappa shape index (κ3) is 1.65. The highest BCUT2D eigenvalue weighted by molar-refractivity contribution is 5.01. The van der Waals surface area contributed by atoms with E-state index in [1.54, 1.807) is 0 Å². The van der Waals surface area contributed by atoms with E-state index in [1.807, 2.05) is 6.92 Å². The Labute approximate surface area is 82.6 Å². The maximum absolute atomic E-state index is 5.60. The van der Waals surface area contributed by atoms with E-state index in [0.29, 0.717) is 24.7 Å². The summed E-state index contributed by atoms with van der Waals surface area (Å²) in [5, 5.41) is 3.92. The van der Waals surface area contributed by atoms with Crippen molar-refractivity contribution in [3.05, 3.63) is 11.7 Å². The third-order valence-electron chi connectivity index (χ3n) is 2.52. The summed E-state index contributed by atoms with van der Waals surface area (Å²) in [7, 11) is 0. The van der Waals surface area contributed by atoms with Gasteiger partial charge in [0.05, 0.1) is 0 Å². The number of hydrogen-bond donors (Lipinski definition) is 1. The van der Waals surface area contributed by atoms with Crippen molar-refractivity contribution in [3.63, 3.8) is 0 Å². The van der Waals surface area contributed by atoms with Gasteiger partial charge in [0.15, 0.2) is 0 Å². The zero-order valence-electron chi connectivity index (χ0n) is 8.32. The van der Waals surface area contributed by atoms with Crippen LogP contribution in [0, 0.1) is 0 Å². The lowest BCUT2D eigenvalue weighted by Crippen LogP contribution is -2.21. The Bertz CT molecular complexity index is 305. The monoisotopic (exact) mass is 197 g/mol. The van der Waals surface area contributed by atoms with Crippen LogP contribution in [0.1, 0.15) is 31.5 Å². The van der Waals surface area contributed by atoms with Gasteiger partial charge in [0.1, 0.15) is 5.60 Å². The van der Waals surface area contributed by atoms with E-state index in [2.05, 4.69) is 10.1 Å². The van der Waals surface area contributed by atoms with Crippen molar-refractivity contribution in [1.82, 2.24) is 10.1 Å². The molecule has 0 radical (unpaired) electrons. The fraction of sp³-hybridized carbons (Fsp3) is 0.778. The Balaban J connectivity index is 2.15. The molecule has 1 saturated heterocycles. The second-order valence-corrected chi connectivity index (χ2v) is 3.73. The van der Waals surface area contributed by atoms with Crippen LogP contribution in [0.5, 0.6) is 0 Å². The number of nitrogens with two attached hydrogens (primary N) is 1. The minimum absolute atomic E-state index is 0.351. The normalized spacial score (nSPS) is 27.0. The van der Waals surface area contributed by atoms with Crippen molar-refractivity contribution in [2.75, 3.05) is 13.2 Å². The highest BCUT2D eigenvalue weighted by Gasteiger charge is 2.36. The Morgan fingerprint density at radius 1 is 1.57 bits per heavy atom. The van der Waals surface area contributed by atoms with Crippen LogP contribution in [0.4, 0.5) is 0 Å². The van der Waals surface area contributed by atoms with Crippen LogP contribution < -0.4 is 5.73 Å². The summed E-state index contributed by atoms with van der Waals surface area (Å²) in [6.45, 7) is 3.30. The quantitative estimate of drug-likeness (QED) is 0.767. The second-order valence-electron chi connectivity index (χ2n) is 3.73. The van der Waals surface area contributed by atoms with E-state index in [9.17, 15) is 0 Å². The molecule has 1 aromatic heterocycles. The maximum atomic E-state index is 5.60. The Morgan fingerprint density at radius 2 is 2.43 bits per heavy atom. The van der Waals surface area contributed by atoms with E-state index in [0.717, 1.165) is 19.4 Å². The Hall–Kier alpha value is -0.940. The number of nitrogens with zero attached hydrogens (tertiary/aromatic N) is 2. The molecule has 2 heterocycles. The molecular formula is C9H15N3O2. The van der Waals surface area contributed by atoms with Crippen molar-refractivity contribution >= 4 is 0 Å². The van der Waals surface area contributed by atoms with Crippen LogP contribution in [0.2, 0.25) is 0 Å². The molecule has 2 rings (SSSR count). The molecule has 1 aliphatic heterocycles. The summed E-state index contributed by atoms with van der Waals surface area (Å²) >= 11 is 0. The van der Waals surface area contributed by atoms with E-state index >= 15 is 0 Å². The predicted octanol–water partition coefficient (Wildman–Crippen LogP) is 0.596. The molecule has 2 N–H and O–H groups in total. The minimum Gasteiger partial charge on any atom is -0.367 e. The van der Waals surface area contributed by atoms with E-state index in [-0.39, 0.29) is 5.60 Å². The average molecular weight is 197 g/mol. The van der Waals surface area contributed by atoms with Crippen molar-refractivity contribution in [2.45, 2.75) is 31.8 Å². The second kappa shape index (κ2) is 3.67. The first-order chi connectivity index (χ1) is 6.74. The van der Waals surface area contributed by atoms with Gasteiger partial charge in [0, 0.05) is 19.6 Å². The molecule has 5 nitrogen and oxygen atoms in total. The first kappa shape index (κ1) is 9.61. The van der Waals surface area contributed by atoms with E-state index in [1.165, 1.54) is 0 Å². The lowest BCUT2D eigenvalue weighted by atomic mass is 10.0. The molecule has 0 saturated carbocycles. The molecule has 14 heavy (non-hydrogen) atoms. The Morgan fingerprint density at radius 3 is 3.07 bits per heavy atom.